The second-order valence-corrected chi connectivity index (χ2v) is 10.0. The van der Waals surface area contributed by atoms with Crippen LogP contribution in [0.4, 0.5) is 17.1 Å². The van der Waals surface area contributed by atoms with E-state index in [1.165, 1.54) is 24.4 Å². The molecule has 0 bridgehead atoms. The monoisotopic (exact) mass is 534 g/mol. The van der Waals surface area contributed by atoms with E-state index < -0.39 is 33.2 Å². The number of para-hydroxylation sites is 1. The Morgan fingerprint density at radius 1 is 1.18 bits per heavy atom. The number of methoxy groups -OCH3 is 1. The molecule has 5 rings (SSSR count). The first-order valence-corrected chi connectivity index (χ1v) is 13.1. The number of carbonyl (C=O) groups excluding carboxylic acids is 1. The standard InChI is InChI=1S/C27H30N6O6/c1-3-17-25-18-8-4-5-9-19(18)28-26(25)22-10-6-7-13-31(22)27(17)21(15-24(34)39-2)30-29-20-12-11-16(32(35)36)14-23(20)33(37)38/h4-5,8-9,11-12,14,17,21-22,27-28H,3,6-7,10,13,15H2,1-2H3. The quantitative estimate of drug-likeness (QED) is 0.158. The van der Waals surface area contributed by atoms with Gasteiger partial charge in [-0.15, -0.1) is 5.11 Å². The highest BCUT2D eigenvalue weighted by Crippen LogP contribution is 2.50. The number of nitro benzene ring substituents is 2. The summed E-state index contributed by atoms with van der Waals surface area (Å²) in [5.74, 6) is -0.434. The molecule has 39 heavy (non-hydrogen) atoms. The number of nitrogens with zero attached hydrogens (tertiary/aromatic N) is 5. The number of piperidine rings is 1. The van der Waals surface area contributed by atoms with Crippen LogP contribution in [-0.2, 0) is 9.53 Å². The van der Waals surface area contributed by atoms with Gasteiger partial charge in [-0.05, 0) is 43.5 Å². The average molecular weight is 535 g/mol. The number of azo groups is 1. The van der Waals surface area contributed by atoms with Crippen LogP contribution in [0, 0.1) is 20.2 Å². The Bertz CT molecular complexity index is 1450. The Morgan fingerprint density at radius 3 is 2.69 bits per heavy atom. The number of non-ortho nitro benzene ring substituents is 1. The van der Waals surface area contributed by atoms with Gasteiger partial charge in [0.05, 0.1) is 41.5 Å². The number of rotatable bonds is 8. The molecule has 3 aromatic rings. The first kappa shape index (κ1) is 26.4. The van der Waals surface area contributed by atoms with E-state index in [1.807, 2.05) is 12.1 Å². The number of aromatic nitrogens is 1. The summed E-state index contributed by atoms with van der Waals surface area (Å²) in [7, 11) is 1.32. The summed E-state index contributed by atoms with van der Waals surface area (Å²) in [6.07, 6.45) is 3.78. The van der Waals surface area contributed by atoms with E-state index in [2.05, 4.69) is 39.2 Å². The summed E-state index contributed by atoms with van der Waals surface area (Å²) in [4.78, 5) is 40.1. The lowest BCUT2D eigenvalue weighted by Crippen LogP contribution is -2.53. The van der Waals surface area contributed by atoms with Crippen molar-refractivity contribution < 1.29 is 19.4 Å². The number of nitro groups is 2. The van der Waals surface area contributed by atoms with Crippen molar-refractivity contribution in [1.82, 2.24) is 9.88 Å². The van der Waals surface area contributed by atoms with Crippen LogP contribution in [0.25, 0.3) is 10.9 Å². The molecule has 12 nitrogen and oxygen atoms in total. The molecule has 1 fully saturated rings. The van der Waals surface area contributed by atoms with Crippen molar-refractivity contribution in [3.8, 4) is 0 Å². The molecule has 2 aliphatic heterocycles. The Balaban J connectivity index is 1.62. The van der Waals surface area contributed by atoms with Crippen molar-refractivity contribution in [2.75, 3.05) is 13.7 Å². The molecule has 0 aliphatic carbocycles. The smallest absolute Gasteiger partial charge is 0.307 e. The first-order chi connectivity index (χ1) is 18.8. The molecule has 0 radical (unpaired) electrons. The number of hydrogen-bond acceptors (Lipinski definition) is 9. The Morgan fingerprint density at radius 2 is 1.97 bits per heavy atom. The third kappa shape index (κ3) is 4.87. The number of fused-ring (bicyclic) bond motifs is 5. The van der Waals surface area contributed by atoms with Crippen LogP contribution in [0.3, 0.4) is 0 Å². The van der Waals surface area contributed by atoms with Crippen LogP contribution in [0.1, 0.15) is 62.2 Å². The highest BCUT2D eigenvalue weighted by atomic mass is 16.6. The zero-order chi connectivity index (χ0) is 27.7. The molecule has 3 heterocycles. The van der Waals surface area contributed by atoms with E-state index in [0.29, 0.717) is 0 Å². The summed E-state index contributed by atoms with van der Waals surface area (Å²) in [6, 6.07) is 10.7. The molecular formula is C27H30N6O6. The molecule has 0 saturated carbocycles. The molecular weight excluding hydrogens is 504 g/mol. The van der Waals surface area contributed by atoms with Gasteiger partial charge in [0, 0.05) is 34.6 Å². The van der Waals surface area contributed by atoms with Gasteiger partial charge in [0.25, 0.3) is 5.69 Å². The molecule has 2 aliphatic rings. The number of benzene rings is 2. The van der Waals surface area contributed by atoms with Crippen LogP contribution in [0.15, 0.2) is 52.7 Å². The molecule has 12 heteroatoms. The average Bonchev–Trinajstić information content (AvgIpc) is 3.34. The molecule has 1 saturated heterocycles. The molecule has 0 amide bonds. The Labute approximate surface area is 224 Å². The number of ether oxygens (including phenoxy) is 1. The van der Waals surface area contributed by atoms with Crippen molar-refractivity contribution in [3.05, 3.63) is 74.0 Å². The summed E-state index contributed by atoms with van der Waals surface area (Å²) in [5.41, 5.74) is 2.47. The summed E-state index contributed by atoms with van der Waals surface area (Å²) in [6.45, 7) is 2.94. The molecule has 4 atom stereocenters. The number of nitrogens with one attached hydrogen (secondary N) is 1. The number of H-pyrrole nitrogens is 1. The lowest BCUT2D eigenvalue weighted by molar-refractivity contribution is -0.393. The maximum atomic E-state index is 12.6. The Kier molecular flexibility index (Phi) is 7.38. The number of carbonyl (C=O) groups is 1. The molecule has 1 aromatic heterocycles. The van der Waals surface area contributed by atoms with E-state index >= 15 is 0 Å². The molecule has 204 valence electrons. The maximum absolute atomic E-state index is 12.6. The third-order valence-electron chi connectivity index (χ3n) is 7.94. The van der Waals surface area contributed by atoms with Crippen molar-refractivity contribution in [1.29, 1.82) is 0 Å². The molecule has 4 unspecified atom stereocenters. The highest BCUT2D eigenvalue weighted by Gasteiger charge is 2.47. The summed E-state index contributed by atoms with van der Waals surface area (Å²) in [5, 5.41) is 32.8. The fraction of sp³-hybridized carbons (Fsp3) is 0.444. The second-order valence-electron chi connectivity index (χ2n) is 10.0. The second kappa shape index (κ2) is 10.9. The lowest BCUT2D eigenvalue weighted by atomic mass is 9.75. The SMILES string of the molecule is CCC1c2c([nH]c3ccccc23)C2CCCCN2C1C(CC(=O)OC)N=Nc1ccc([N+](=O)[O-])cc1[N+](=O)[O-]. The van der Waals surface area contributed by atoms with E-state index in [0.717, 1.165) is 55.3 Å². The molecule has 0 spiro atoms. The van der Waals surface area contributed by atoms with Gasteiger partial charge in [-0.3, -0.25) is 29.9 Å². The van der Waals surface area contributed by atoms with Crippen molar-refractivity contribution in [2.24, 2.45) is 10.2 Å². The van der Waals surface area contributed by atoms with Crippen molar-refractivity contribution >= 4 is 33.9 Å². The first-order valence-electron chi connectivity index (χ1n) is 13.1. The van der Waals surface area contributed by atoms with Crippen LogP contribution in [0.2, 0.25) is 0 Å². The largest absolute Gasteiger partial charge is 0.469 e. The van der Waals surface area contributed by atoms with E-state index in [9.17, 15) is 25.0 Å². The zero-order valence-corrected chi connectivity index (χ0v) is 21.8. The Hall–Kier alpha value is -4.19. The van der Waals surface area contributed by atoms with Gasteiger partial charge in [-0.2, -0.15) is 5.11 Å². The highest BCUT2D eigenvalue weighted by molar-refractivity contribution is 5.86. The van der Waals surface area contributed by atoms with E-state index in [1.54, 1.807) is 0 Å². The predicted molar refractivity (Wildman–Crippen MR) is 143 cm³/mol. The summed E-state index contributed by atoms with van der Waals surface area (Å²) < 4.78 is 5.01. The molecule has 2 aromatic carbocycles. The van der Waals surface area contributed by atoms with Gasteiger partial charge < -0.3 is 9.72 Å². The zero-order valence-electron chi connectivity index (χ0n) is 21.8. The minimum Gasteiger partial charge on any atom is -0.469 e. The van der Waals surface area contributed by atoms with E-state index in [-0.39, 0.29) is 30.1 Å². The minimum absolute atomic E-state index is 0.0194. The van der Waals surface area contributed by atoms with Crippen LogP contribution >= 0.6 is 0 Å². The van der Waals surface area contributed by atoms with Crippen LogP contribution in [0.5, 0.6) is 0 Å². The van der Waals surface area contributed by atoms with Gasteiger partial charge in [0.2, 0.25) is 0 Å². The van der Waals surface area contributed by atoms with Crippen LogP contribution < -0.4 is 0 Å². The summed E-state index contributed by atoms with van der Waals surface area (Å²) >= 11 is 0. The fourth-order valence-electron chi connectivity index (χ4n) is 6.28. The van der Waals surface area contributed by atoms with Gasteiger partial charge in [0.15, 0.2) is 5.69 Å². The number of esters is 1. The minimum atomic E-state index is -0.717. The maximum Gasteiger partial charge on any atom is 0.307 e. The van der Waals surface area contributed by atoms with Crippen LogP contribution in [-0.4, -0.2) is 51.4 Å². The normalized spacial score (nSPS) is 21.8. The van der Waals surface area contributed by atoms with Gasteiger partial charge in [-0.1, -0.05) is 31.5 Å². The lowest BCUT2D eigenvalue weighted by Gasteiger charge is -2.50. The van der Waals surface area contributed by atoms with Gasteiger partial charge >= 0.3 is 11.7 Å². The van der Waals surface area contributed by atoms with Crippen molar-refractivity contribution in [3.63, 3.8) is 0 Å². The topological polar surface area (TPSA) is 156 Å². The predicted octanol–water partition coefficient (Wildman–Crippen LogP) is 6.10. The van der Waals surface area contributed by atoms with E-state index in [4.69, 9.17) is 4.74 Å². The van der Waals surface area contributed by atoms with Gasteiger partial charge in [0.1, 0.15) is 0 Å². The molecule has 1 N–H and O–H groups in total. The number of hydrogen-bond donors (Lipinski definition) is 1. The van der Waals surface area contributed by atoms with Crippen molar-refractivity contribution in [2.45, 2.75) is 63.1 Å². The third-order valence-corrected chi connectivity index (χ3v) is 7.94. The van der Waals surface area contributed by atoms with Gasteiger partial charge in [-0.25, -0.2) is 0 Å². The fourth-order valence-corrected chi connectivity index (χ4v) is 6.28. The number of aromatic amines is 1.